The van der Waals surface area contributed by atoms with Crippen LogP contribution in [0.1, 0.15) is 27.7 Å². The second-order valence-electron chi connectivity index (χ2n) is 5.16. The normalized spacial score (nSPS) is 14.9. The van der Waals surface area contributed by atoms with Gasteiger partial charge >= 0.3 is 0 Å². The van der Waals surface area contributed by atoms with Crippen LogP contribution in [0.15, 0.2) is 0 Å². The molecule has 0 bridgehead atoms. The SMILES string of the molecule is CCOCCOCC(CS(N)(=O)=O)C(C)(C)C. The van der Waals surface area contributed by atoms with E-state index >= 15 is 0 Å². The van der Waals surface area contributed by atoms with E-state index in [1.807, 2.05) is 27.7 Å². The number of nitrogens with two attached hydrogens (primary N) is 1. The van der Waals surface area contributed by atoms with Gasteiger partial charge in [-0.1, -0.05) is 20.8 Å². The summed E-state index contributed by atoms with van der Waals surface area (Å²) in [5.41, 5.74) is -0.155. The molecule has 0 aromatic carbocycles. The predicted octanol–water partition coefficient (Wildman–Crippen LogP) is 0.990. The van der Waals surface area contributed by atoms with Crippen molar-refractivity contribution in [3.8, 4) is 0 Å². The van der Waals surface area contributed by atoms with Crippen molar-refractivity contribution < 1.29 is 17.9 Å². The van der Waals surface area contributed by atoms with Gasteiger partial charge in [0.25, 0.3) is 0 Å². The number of hydrogen-bond acceptors (Lipinski definition) is 4. The minimum Gasteiger partial charge on any atom is -0.379 e. The number of primary sulfonamides is 1. The molecule has 0 aromatic rings. The third-order valence-corrected chi connectivity index (χ3v) is 3.42. The number of rotatable bonds is 8. The Morgan fingerprint density at radius 2 is 1.71 bits per heavy atom. The van der Waals surface area contributed by atoms with Crippen LogP contribution in [0.25, 0.3) is 0 Å². The maximum Gasteiger partial charge on any atom is 0.209 e. The Morgan fingerprint density at radius 3 is 2.12 bits per heavy atom. The summed E-state index contributed by atoms with van der Waals surface area (Å²) in [5.74, 6) is -0.162. The van der Waals surface area contributed by atoms with Crippen LogP contribution in [-0.4, -0.2) is 40.6 Å². The van der Waals surface area contributed by atoms with Crippen molar-refractivity contribution in [1.82, 2.24) is 0 Å². The lowest BCUT2D eigenvalue weighted by atomic mass is 9.82. The zero-order valence-corrected chi connectivity index (χ0v) is 12.0. The highest BCUT2D eigenvalue weighted by Gasteiger charge is 2.28. The van der Waals surface area contributed by atoms with Crippen LogP contribution < -0.4 is 5.14 Å². The first kappa shape index (κ1) is 16.8. The molecule has 0 aliphatic rings. The fraction of sp³-hybridized carbons (Fsp3) is 1.00. The maximum absolute atomic E-state index is 11.1. The van der Waals surface area contributed by atoms with Crippen molar-refractivity contribution >= 4 is 10.0 Å². The van der Waals surface area contributed by atoms with Crippen LogP contribution in [0.2, 0.25) is 0 Å². The molecule has 2 N–H and O–H groups in total. The van der Waals surface area contributed by atoms with Crippen LogP contribution in [-0.2, 0) is 19.5 Å². The third kappa shape index (κ3) is 9.52. The summed E-state index contributed by atoms with van der Waals surface area (Å²) >= 11 is 0. The summed E-state index contributed by atoms with van der Waals surface area (Å²) in [6.07, 6.45) is 0. The zero-order valence-electron chi connectivity index (χ0n) is 11.2. The van der Waals surface area contributed by atoms with Gasteiger partial charge in [0.1, 0.15) is 0 Å². The average molecular weight is 267 g/mol. The Balaban J connectivity index is 4.14. The van der Waals surface area contributed by atoms with Gasteiger partial charge in [0.05, 0.1) is 25.6 Å². The van der Waals surface area contributed by atoms with E-state index < -0.39 is 10.0 Å². The summed E-state index contributed by atoms with van der Waals surface area (Å²) < 4.78 is 32.8. The van der Waals surface area contributed by atoms with E-state index in [-0.39, 0.29) is 17.1 Å². The van der Waals surface area contributed by atoms with Crippen LogP contribution in [0.4, 0.5) is 0 Å². The molecule has 0 saturated carbocycles. The molecule has 0 spiro atoms. The highest BCUT2D eigenvalue weighted by molar-refractivity contribution is 7.89. The number of sulfonamides is 1. The molecule has 0 fully saturated rings. The molecule has 0 saturated heterocycles. The van der Waals surface area contributed by atoms with E-state index in [9.17, 15) is 8.42 Å². The molecule has 0 heterocycles. The van der Waals surface area contributed by atoms with E-state index in [2.05, 4.69) is 0 Å². The Bertz CT molecular complexity index is 295. The summed E-state index contributed by atoms with van der Waals surface area (Å²) in [7, 11) is -3.47. The Hall–Kier alpha value is -0.170. The molecule has 17 heavy (non-hydrogen) atoms. The second kappa shape index (κ2) is 7.31. The first-order chi connectivity index (χ1) is 7.67. The Morgan fingerprint density at radius 1 is 1.18 bits per heavy atom. The van der Waals surface area contributed by atoms with Crippen LogP contribution >= 0.6 is 0 Å². The van der Waals surface area contributed by atoms with Gasteiger partial charge in [-0.3, -0.25) is 0 Å². The molecular formula is C11H25NO4S. The molecule has 0 aromatic heterocycles. The van der Waals surface area contributed by atoms with Crippen molar-refractivity contribution in [2.75, 3.05) is 32.2 Å². The first-order valence-electron chi connectivity index (χ1n) is 5.82. The van der Waals surface area contributed by atoms with Crippen molar-refractivity contribution in [1.29, 1.82) is 0 Å². The largest absolute Gasteiger partial charge is 0.379 e. The van der Waals surface area contributed by atoms with Gasteiger partial charge in [0.15, 0.2) is 0 Å². The van der Waals surface area contributed by atoms with Gasteiger partial charge in [0, 0.05) is 12.5 Å². The van der Waals surface area contributed by atoms with E-state index in [4.69, 9.17) is 14.6 Å². The second-order valence-corrected chi connectivity index (χ2v) is 6.82. The van der Waals surface area contributed by atoms with Gasteiger partial charge in [-0.05, 0) is 12.3 Å². The molecular weight excluding hydrogens is 242 g/mol. The minimum atomic E-state index is -3.47. The van der Waals surface area contributed by atoms with Gasteiger partial charge < -0.3 is 9.47 Å². The Labute approximate surface area is 105 Å². The predicted molar refractivity (Wildman–Crippen MR) is 68.2 cm³/mol. The van der Waals surface area contributed by atoms with Crippen LogP contribution in [0.5, 0.6) is 0 Å². The molecule has 0 radical (unpaired) electrons. The van der Waals surface area contributed by atoms with Gasteiger partial charge in [-0.2, -0.15) is 0 Å². The van der Waals surface area contributed by atoms with Crippen LogP contribution in [0.3, 0.4) is 0 Å². The minimum absolute atomic E-state index is 0.0505. The lowest BCUT2D eigenvalue weighted by Crippen LogP contribution is -2.35. The first-order valence-corrected chi connectivity index (χ1v) is 7.54. The summed E-state index contributed by atoms with van der Waals surface area (Å²) in [4.78, 5) is 0. The van der Waals surface area contributed by atoms with Gasteiger partial charge in [-0.25, -0.2) is 13.6 Å². The Kier molecular flexibility index (Phi) is 7.23. The highest BCUT2D eigenvalue weighted by Crippen LogP contribution is 2.27. The van der Waals surface area contributed by atoms with Crippen molar-refractivity contribution in [3.63, 3.8) is 0 Å². The maximum atomic E-state index is 11.1. The molecule has 1 atom stereocenters. The number of hydrogen-bond donors (Lipinski definition) is 1. The fourth-order valence-electron chi connectivity index (χ4n) is 1.32. The van der Waals surface area contributed by atoms with E-state index in [0.717, 1.165) is 0 Å². The fourth-order valence-corrected chi connectivity index (χ4v) is 2.47. The number of ether oxygens (including phenoxy) is 2. The van der Waals surface area contributed by atoms with Crippen molar-refractivity contribution in [2.24, 2.45) is 16.5 Å². The molecule has 0 rings (SSSR count). The monoisotopic (exact) mass is 267 g/mol. The molecule has 0 amide bonds. The highest BCUT2D eigenvalue weighted by atomic mass is 32.2. The average Bonchev–Trinajstić information content (AvgIpc) is 2.12. The lowest BCUT2D eigenvalue weighted by molar-refractivity contribution is 0.0217. The molecule has 5 nitrogen and oxygen atoms in total. The molecule has 0 aliphatic carbocycles. The summed E-state index contributed by atoms with van der Waals surface area (Å²) in [6, 6.07) is 0. The lowest BCUT2D eigenvalue weighted by Gasteiger charge is -2.29. The quantitative estimate of drug-likeness (QED) is 0.665. The topological polar surface area (TPSA) is 78.6 Å². The van der Waals surface area contributed by atoms with E-state index in [1.54, 1.807) is 0 Å². The molecule has 0 aliphatic heterocycles. The van der Waals surface area contributed by atoms with E-state index in [1.165, 1.54) is 0 Å². The molecule has 1 unspecified atom stereocenters. The van der Waals surface area contributed by atoms with Crippen molar-refractivity contribution in [2.45, 2.75) is 27.7 Å². The summed E-state index contributed by atoms with van der Waals surface area (Å²) in [6.45, 7) is 9.90. The standard InChI is InChI=1S/C11H25NO4S/c1-5-15-6-7-16-8-10(11(2,3)4)9-17(12,13)14/h10H,5-9H2,1-4H3,(H2,12,13,14). The van der Waals surface area contributed by atoms with E-state index in [0.29, 0.717) is 26.4 Å². The zero-order chi connectivity index (χ0) is 13.5. The molecule has 6 heteroatoms. The van der Waals surface area contributed by atoms with Gasteiger partial charge in [-0.15, -0.1) is 0 Å². The van der Waals surface area contributed by atoms with Gasteiger partial charge in [0.2, 0.25) is 10.0 Å². The van der Waals surface area contributed by atoms with Crippen molar-refractivity contribution in [3.05, 3.63) is 0 Å². The summed E-state index contributed by atoms with van der Waals surface area (Å²) in [5, 5.41) is 5.08. The smallest absolute Gasteiger partial charge is 0.209 e. The van der Waals surface area contributed by atoms with Crippen LogP contribution in [0, 0.1) is 11.3 Å². The third-order valence-electron chi connectivity index (χ3n) is 2.55. The molecule has 104 valence electrons.